The Morgan fingerprint density at radius 1 is 1.31 bits per heavy atom. The monoisotopic (exact) mass is 458 g/mol. The number of nitrogens with zero attached hydrogens (tertiary/aromatic N) is 5. The average molecular weight is 459 g/mol. The number of hydrogen-bond acceptors (Lipinski definition) is 7. The van der Waals surface area contributed by atoms with Crippen molar-refractivity contribution in [2.75, 3.05) is 25.9 Å². The number of aryl methyl sites for hydroxylation is 1. The molecule has 170 valence electrons. The molecular formula is C22H27ClN6O3. The van der Waals surface area contributed by atoms with Gasteiger partial charge >= 0.3 is 0 Å². The van der Waals surface area contributed by atoms with Crippen LogP contribution in [0.4, 0.5) is 5.82 Å². The lowest BCUT2D eigenvalue weighted by Crippen LogP contribution is -2.51. The van der Waals surface area contributed by atoms with E-state index in [4.69, 9.17) is 22.1 Å². The van der Waals surface area contributed by atoms with Gasteiger partial charge in [-0.05, 0) is 39.3 Å². The maximum absolute atomic E-state index is 12.1. The molecule has 2 unspecified atom stereocenters. The van der Waals surface area contributed by atoms with Gasteiger partial charge in [-0.15, -0.1) is 0 Å². The van der Waals surface area contributed by atoms with E-state index in [1.165, 1.54) is 13.3 Å². The van der Waals surface area contributed by atoms with Gasteiger partial charge in [-0.25, -0.2) is 14.6 Å². The van der Waals surface area contributed by atoms with E-state index in [9.17, 15) is 9.90 Å². The van der Waals surface area contributed by atoms with Crippen molar-refractivity contribution >= 4 is 34.4 Å². The highest BCUT2D eigenvalue weighted by molar-refractivity contribution is 6.31. The molecule has 1 saturated heterocycles. The summed E-state index contributed by atoms with van der Waals surface area (Å²) in [6.45, 7) is 8.31. The molecule has 1 aliphatic rings. The van der Waals surface area contributed by atoms with Crippen LogP contribution in [0.2, 0.25) is 5.02 Å². The molecule has 1 amide bonds. The lowest BCUT2D eigenvalue weighted by Gasteiger charge is -2.41. The standard InChI is InChI=1S/C22H27ClN6O3/c1-10-16(23)6-15(12(3)29-21-18(11(2)27-29)20(24)25-9-26-21)19(32-5)17(10)14-7-28(8-14)22(31)13(4)30/h6,9,12-14,30H,7-8H2,1-5H3,(H2,24,25,26). The Bertz CT molecular complexity index is 1200. The third kappa shape index (κ3) is 3.45. The highest BCUT2D eigenvalue weighted by Crippen LogP contribution is 2.44. The molecule has 1 aliphatic heterocycles. The first-order valence-corrected chi connectivity index (χ1v) is 10.8. The molecule has 0 bridgehead atoms. The minimum Gasteiger partial charge on any atom is -0.496 e. The second-order valence-corrected chi connectivity index (χ2v) is 8.71. The normalized spacial score (nSPS) is 16.2. The van der Waals surface area contributed by atoms with Crippen molar-refractivity contribution < 1.29 is 14.6 Å². The van der Waals surface area contributed by atoms with Gasteiger partial charge in [-0.2, -0.15) is 5.10 Å². The summed E-state index contributed by atoms with van der Waals surface area (Å²) in [5, 5.41) is 15.6. The zero-order valence-corrected chi connectivity index (χ0v) is 19.5. The van der Waals surface area contributed by atoms with Gasteiger partial charge in [0.1, 0.15) is 24.0 Å². The minimum atomic E-state index is -1.01. The fraction of sp³-hybridized carbons (Fsp3) is 0.455. The molecule has 10 heteroatoms. The summed E-state index contributed by atoms with van der Waals surface area (Å²) < 4.78 is 7.69. The van der Waals surface area contributed by atoms with Crippen LogP contribution >= 0.6 is 11.6 Å². The van der Waals surface area contributed by atoms with Gasteiger partial charge in [-0.1, -0.05) is 11.6 Å². The maximum atomic E-state index is 12.1. The summed E-state index contributed by atoms with van der Waals surface area (Å²) in [5.74, 6) is 0.894. The highest BCUT2D eigenvalue weighted by Gasteiger charge is 2.37. The van der Waals surface area contributed by atoms with Crippen molar-refractivity contribution in [1.82, 2.24) is 24.6 Å². The summed E-state index contributed by atoms with van der Waals surface area (Å²) >= 11 is 6.65. The zero-order chi connectivity index (χ0) is 23.3. The van der Waals surface area contributed by atoms with Gasteiger partial charge in [0, 0.05) is 35.2 Å². The van der Waals surface area contributed by atoms with Gasteiger partial charge in [0.15, 0.2) is 5.65 Å². The number of carbonyl (C=O) groups excluding carboxylic acids is 1. The van der Waals surface area contributed by atoms with Crippen LogP contribution in [-0.2, 0) is 4.79 Å². The Labute approximate surface area is 191 Å². The van der Waals surface area contributed by atoms with E-state index >= 15 is 0 Å². The first kappa shape index (κ1) is 22.3. The first-order chi connectivity index (χ1) is 15.1. The van der Waals surface area contributed by atoms with E-state index in [2.05, 4.69) is 15.1 Å². The number of halogens is 1. The molecule has 0 saturated carbocycles. The topological polar surface area (TPSA) is 119 Å². The van der Waals surface area contributed by atoms with Crippen LogP contribution in [0.5, 0.6) is 5.75 Å². The smallest absolute Gasteiger partial charge is 0.251 e. The number of aliphatic hydroxyl groups excluding tert-OH is 1. The second kappa shape index (κ2) is 8.22. The summed E-state index contributed by atoms with van der Waals surface area (Å²) in [6, 6.07) is 1.65. The number of amides is 1. The number of carbonyl (C=O) groups is 1. The Kier molecular flexibility index (Phi) is 5.72. The molecule has 0 aliphatic carbocycles. The number of aromatic nitrogens is 4. The number of ether oxygens (including phenoxy) is 1. The van der Waals surface area contributed by atoms with Gasteiger partial charge in [-0.3, -0.25) is 4.79 Å². The Balaban J connectivity index is 1.78. The van der Waals surface area contributed by atoms with Gasteiger partial charge in [0.05, 0.1) is 24.2 Å². The predicted molar refractivity (Wildman–Crippen MR) is 122 cm³/mol. The first-order valence-electron chi connectivity index (χ1n) is 10.4. The molecule has 32 heavy (non-hydrogen) atoms. The van der Waals surface area contributed by atoms with E-state index in [1.807, 2.05) is 26.8 Å². The molecule has 0 radical (unpaired) electrons. The summed E-state index contributed by atoms with van der Waals surface area (Å²) in [5.41, 5.74) is 10.2. The molecule has 1 fully saturated rings. The van der Waals surface area contributed by atoms with E-state index < -0.39 is 6.10 Å². The Morgan fingerprint density at radius 3 is 2.62 bits per heavy atom. The van der Waals surface area contributed by atoms with Gasteiger partial charge in [0.25, 0.3) is 5.91 Å². The Morgan fingerprint density at radius 2 is 2.00 bits per heavy atom. The second-order valence-electron chi connectivity index (χ2n) is 8.30. The molecule has 4 rings (SSSR count). The Hall–Kier alpha value is -2.91. The number of fused-ring (bicyclic) bond motifs is 1. The number of nitrogen functional groups attached to an aromatic ring is 1. The quantitative estimate of drug-likeness (QED) is 0.603. The molecule has 3 aromatic rings. The van der Waals surface area contributed by atoms with E-state index in [0.717, 1.165) is 33.5 Å². The fourth-order valence-electron chi connectivity index (χ4n) is 4.47. The SMILES string of the molecule is COc1c(C(C)n2nc(C)c3c(N)ncnc32)cc(Cl)c(C)c1C1CN(C(=O)C(C)O)C1. The average Bonchev–Trinajstić information content (AvgIpc) is 3.06. The van der Waals surface area contributed by atoms with E-state index in [1.54, 1.807) is 16.7 Å². The number of likely N-dealkylation sites (tertiary alicyclic amines) is 1. The van der Waals surface area contributed by atoms with Crippen LogP contribution in [0.1, 0.15) is 48.2 Å². The van der Waals surface area contributed by atoms with Crippen LogP contribution < -0.4 is 10.5 Å². The fourth-order valence-corrected chi connectivity index (χ4v) is 4.69. The van der Waals surface area contributed by atoms with Gasteiger partial charge in [0.2, 0.25) is 0 Å². The third-order valence-corrected chi connectivity index (χ3v) is 6.62. The van der Waals surface area contributed by atoms with Crippen molar-refractivity contribution in [1.29, 1.82) is 0 Å². The number of anilines is 1. The van der Waals surface area contributed by atoms with Crippen LogP contribution in [0.15, 0.2) is 12.4 Å². The number of nitrogens with two attached hydrogens (primary N) is 1. The van der Waals surface area contributed by atoms with Crippen LogP contribution in [0.25, 0.3) is 11.0 Å². The predicted octanol–water partition coefficient (Wildman–Crippen LogP) is 2.60. The van der Waals surface area contributed by atoms with Crippen molar-refractivity contribution in [3.05, 3.63) is 39.8 Å². The van der Waals surface area contributed by atoms with E-state index in [0.29, 0.717) is 29.6 Å². The number of aliphatic hydroxyl groups is 1. The minimum absolute atomic E-state index is 0.0615. The van der Waals surface area contributed by atoms with Crippen LogP contribution in [0, 0.1) is 13.8 Å². The molecular weight excluding hydrogens is 432 g/mol. The lowest BCUT2D eigenvalue weighted by atomic mass is 9.85. The molecule has 2 atom stereocenters. The molecule has 2 aromatic heterocycles. The number of benzene rings is 1. The summed E-state index contributed by atoms with van der Waals surface area (Å²) in [7, 11) is 1.63. The number of hydrogen-bond donors (Lipinski definition) is 2. The summed E-state index contributed by atoms with van der Waals surface area (Å²) in [4.78, 5) is 22.2. The van der Waals surface area contributed by atoms with Gasteiger partial charge < -0.3 is 20.5 Å². The zero-order valence-electron chi connectivity index (χ0n) is 18.8. The summed E-state index contributed by atoms with van der Waals surface area (Å²) in [6.07, 6.45) is 0.411. The molecule has 9 nitrogen and oxygen atoms in total. The maximum Gasteiger partial charge on any atom is 0.251 e. The van der Waals surface area contributed by atoms with Crippen molar-refractivity contribution in [3.63, 3.8) is 0 Å². The molecule has 3 N–H and O–H groups in total. The van der Waals surface area contributed by atoms with Crippen molar-refractivity contribution in [3.8, 4) is 5.75 Å². The lowest BCUT2D eigenvalue weighted by molar-refractivity contribution is -0.143. The number of methoxy groups -OCH3 is 1. The third-order valence-electron chi connectivity index (χ3n) is 6.22. The largest absolute Gasteiger partial charge is 0.496 e. The van der Waals surface area contributed by atoms with E-state index in [-0.39, 0.29) is 17.9 Å². The van der Waals surface area contributed by atoms with Crippen LogP contribution in [0.3, 0.4) is 0 Å². The van der Waals surface area contributed by atoms with Crippen LogP contribution in [-0.4, -0.2) is 62.0 Å². The highest BCUT2D eigenvalue weighted by atomic mass is 35.5. The molecule has 3 heterocycles. The number of rotatable bonds is 5. The molecule has 0 spiro atoms. The molecule has 1 aromatic carbocycles. The van der Waals surface area contributed by atoms with Crippen molar-refractivity contribution in [2.45, 2.75) is 45.8 Å². The van der Waals surface area contributed by atoms with Crippen molar-refractivity contribution in [2.24, 2.45) is 0 Å².